The van der Waals surface area contributed by atoms with Crippen LogP contribution >= 0.6 is 0 Å². The Morgan fingerprint density at radius 3 is 2.52 bits per heavy atom. The van der Waals surface area contributed by atoms with Gasteiger partial charge in [0.2, 0.25) is 0 Å². The summed E-state index contributed by atoms with van der Waals surface area (Å²) in [5, 5.41) is 3.34. The van der Waals surface area contributed by atoms with Crippen molar-refractivity contribution in [3.63, 3.8) is 0 Å². The van der Waals surface area contributed by atoms with Crippen LogP contribution in [0.5, 0.6) is 0 Å². The first-order valence-corrected chi connectivity index (χ1v) is 8.00. The Hall–Kier alpha value is -1.36. The van der Waals surface area contributed by atoms with Gasteiger partial charge in [0.25, 0.3) is 0 Å². The number of nitrogens with zero attached hydrogens (tertiary/aromatic N) is 4. The van der Waals surface area contributed by atoms with Crippen molar-refractivity contribution in [3.05, 3.63) is 11.4 Å². The van der Waals surface area contributed by atoms with Gasteiger partial charge in [-0.3, -0.25) is 0 Å². The molecule has 21 heavy (non-hydrogen) atoms. The van der Waals surface area contributed by atoms with Crippen molar-refractivity contribution in [3.8, 4) is 0 Å². The third-order valence-electron chi connectivity index (χ3n) is 4.31. The van der Waals surface area contributed by atoms with Crippen LogP contribution in [0, 0.1) is 19.8 Å². The number of likely N-dealkylation sites (tertiary alicyclic amines) is 1. The Balaban J connectivity index is 2.09. The van der Waals surface area contributed by atoms with Gasteiger partial charge in [-0.15, -0.1) is 0 Å². The summed E-state index contributed by atoms with van der Waals surface area (Å²) in [6.07, 6.45) is 2.56. The second-order valence-electron chi connectivity index (χ2n) is 6.23. The summed E-state index contributed by atoms with van der Waals surface area (Å²) in [5.41, 5.74) is 1.15. The largest absolute Gasteiger partial charge is 0.370 e. The molecule has 0 unspecified atom stereocenters. The summed E-state index contributed by atoms with van der Waals surface area (Å²) in [7, 11) is 4.36. The molecule has 118 valence electrons. The molecule has 0 aromatic carbocycles. The van der Waals surface area contributed by atoms with Crippen LogP contribution in [0.2, 0.25) is 0 Å². The maximum Gasteiger partial charge on any atom is 0.137 e. The Bertz CT molecular complexity index is 466. The highest BCUT2D eigenvalue weighted by Gasteiger charge is 2.20. The highest BCUT2D eigenvalue weighted by Crippen LogP contribution is 2.25. The van der Waals surface area contributed by atoms with E-state index in [4.69, 9.17) is 0 Å². The molecule has 2 rings (SSSR count). The van der Waals surface area contributed by atoms with Gasteiger partial charge in [0.1, 0.15) is 17.5 Å². The molecule has 0 radical (unpaired) electrons. The van der Waals surface area contributed by atoms with Crippen molar-refractivity contribution in [2.45, 2.75) is 33.6 Å². The lowest BCUT2D eigenvalue weighted by molar-refractivity contribution is 0.222. The first-order valence-electron chi connectivity index (χ1n) is 8.00. The zero-order valence-electron chi connectivity index (χ0n) is 14.1. The van der Waals surface area contributed by atoms with Crippen LogP contribution < -0.4 is 10.2 Å². The molecule has 1 aliphatic heterocycles. The Kier molecular flexibility index (Phi) is 5.39. The van der Waals surface area contributed by atoms with Crippen molar-refractivity contribution < 1.29 is 0 Å². The average molecular weight is 291 g/mol. The normalized spacial score (nSPS) is 17.0. The first-order chi connectivity index (χ1) is 10.0. The number of anilines is 2. The standard InChI is InChI=1S/C16H29N5/c1-6-17-15-12(2)16(19-13(3)18-15)21(5)11-14-7-9-20(4)10-8-14/h14H,6-11H2,1-5H3,(H,17,18,19). The molecule has 0 bridgehead atoms. The molecule has 2 heterocycles. The second kappa shape index (κ2) is 7.07. The molecule has 1 saturated heterocycles. The van der Waals surface area contributed by atoms with Gasteiger partial charge in [-0.05, 0) is 59.7 Å². The third kappa shape index (κ3) is 4.06. The Morgan fingerprint density at radius 2 is 1.90 bits per heavy atom. The van der Waals surface area contributed by atoms with Crippen LogP contribution in [0.15, 0.2) is 0 Å². The molecule has 0 atom stereocenters. The van der Waals surface area contributed by atoms with Gasteiger partial charge >= 0.3 is 0 Å². The van der Waals surface area contributed by atoms with E-state index >= 15 is 0 Å². The summed E-state index contributed by atoms with van der Waals surface area (Å²) in [6.45, 7) is 10.6. The van der Waals surface area contributed by atoms with E-state index in [1.54, 1.807) is 0 Å². The molecule has 1 N–H and O–H groups in total. The minimum atomic E-state index is 0.767. The Morgan fingerprint density at radius 1 is 1.24 bits per heavy atom. The molecule has 0 spiro atoms. The fourth-order valence-electron chi connectivity index (χ4n) is 3.04. The van der Waals surface area contributed by atoms with E-state index in [0.29, 0.717) is 0 Å². The molecule has 0 amide bonds. The lowest BCUT2D eigenvalue weighted by Gasteiger charge is -2.32. The van der Waals surface area contributed by atoms with Gasteiger partial charge in [-0.25, -0.2) is 9.97 Å². The topological polar surface area (TPSA) is 44.3 Å². The number of aromatic nitrogens is 2. The van der Waals surface area contributed by atoms with Gasteiger partial charge in [0.15, 0.2) is 0 Å². The number of aryl methyl sites for hydroxylation is 1. The fourth-order valence-corrected chi connectivity index (χ4v) is 3.04. The van der Waals surface area contributed by atoms with Crippen molar-refractivity contribution in [2.24, 2.45) is 5.92 Å². The third-order valence-corrected chi connectivity index (χ3v) is 4.31. The minimum absolute atomic E-state index is 0.767. The number of nitrogens with one attached hydrogen (secondary N) is 1. The maximum atomic E-state index is 4.66. The molecule has 0 saturated carbocycles. The van der Waals surface area contributed by atoms with Crippen LogP contribution in [-0.4, -0.2) is 55.1 Å². The summed E-state index contributed by atoms with van der Waals surface area (Å²) < 4.78 is 0. The summed E-state index contributed by atoms with van der Waals surface area (Å²) in [6, 6.07) is 0. The number of piperidine rings is 1. The average Bonchev–Trinajstić information content (AvgIpc) is 2.45. The lowest BCUT2D eigenvalue weighted by atomic mass is 9.96. The van der Waals surface area contributed by atoms with Gasteiger partial charge in [-0.1, -0.05) is 0 Å². The predicted octanol–water partition coefficient (Wildman–Crippen LogP) is 2.30. The highest BCUT2D eigenvalue weighted by molar-refractivity contribution is 5.58. The van der Waals surface area contributed by atoms with Crippen molar-refractivity contribution in [1.82, 2.24) is 14.9 Å². The van der Waals surface area contributed by atoms with Crippen molar-refractivity contribution in [1.29, 1.82) is 0 Å². The molecule has 1 aliphatic rings. The van der Waals surface area contributed by atoms with E-state index in [-0.39, 0.29) is 0 Å². The summed E-state index contributed by atoms with van der Waals surface area (Å²) >= 11 is 0. The minimum Gasteiger partial charge on any atom is -0.370 e. The maximum absolute atomic E-state index is 4.66. The molecule has 1 aromatic heterocycles. The van der Waals surface area contributed by atoms with Crippen LogP contribution in [0.3, 0.4) is 0 Å². The lowest BCUT2D eigenvalue weighted by Crippen LogP contribution is -2.36. The van der Waals surface area contributed by atoms with Gasteiger partial charge in [0, 0.05) is 25.7 Å². The predicted molar refractivity (Wildman–Crippen MR) is 89.2 cm³/mol. The smallest absolute Gasteiger partial charge is 0.137 e. The van der Waals surface area contributed by atoms with Crippen LogP contribution in [-0.2, 0) is 0 Å². The van der Waals surface area contributed by atoms with Crippen molar-refractivity contribution >= 4 is 11.6 Å². The van der Waals surface area contributed by atoms with Gasteiger partial charge in [0.05, 0.1) is 0 Å². The first kappa shape index (κ1) is 16.0. The number of hydrogen-bond donors (Lipinski definition) is 1. The second-order valence-corrected chi connectivity index (χ2v) is 6.23. The van der Waals surface area contributed by atoms with E-state index in [1.165, 1.54) is 25.9 Å². The molecule has 1 fully saturated rings. The fraction of sp³-hybridized carbons (Fsp3) is 0.750. The van der Waals surface area contributed by atoms with Gasteiger partial charge < -0.3 is 15.1 Å². The van der Waals surface area contributed by atoms with Crippen molar-refractivity contribution in [2.75, 3.05) is 50.5 Å². The van der Waals surface area contributed by atoms with Gasteiger partial charge in [-0.2, -0.15) is 0 Å². The monoisotopic (exact) mass is 291 g/mol. The number of rotatable bonds is 5. The summed E-state index contributed by atoms with van der Waals surface area (Å²) in [5.74, 6) is 3.64. The molecular weight excluding hydrogens is 262 g/mol. The molecule has 5 nitrogen and oxygen atoms in total. The van der Waals surface area contributed by atoms with E-state index in [1.807, 2.05) is 6.92 Å². The molecule has 1 aromatic rings. The van der Waals surface area contributed by atoms with E-state index in [0.717, 1.165) is 42.0 Å². The zero-order chi connectivity index (χ0) is 15.4. The highest BCUT2D eigenvalue weighted by atomic mass is 15.2. The molecule has 0 aliphatic carbocycles. The van der Waals surface area contributed by atoms with Crippen LogP contribution in [0.1, 0.15) is 31.2 Å². The quantitative estimate of drug-likeness (QED) is 0.902. The number of hydrogen-bond acceptors (Lipinski definition) is 5. The van der Waals surface area contributed by atoms with Crippen LogP contribution in [0.25, 0.3) is 0 Å². The van der Waals surface area contributed by atoms with E-state index in [9.17, 15) is 0 Å². The molecular formula is C16H29N5. The SMILES string of the molecule is CCNc1nc(C)nc(N(C)CC2CCN(C)CC2)c1C. The summed E-state index contributed by atoms with van der Waals surface area (Å²) in [4.78, 5) is 13.9. The van der Waals surface area contributed by atoms with Crippen LogP contribution in [0.4, 0.5) is 11.6 Å². The zero-order valence-corrected chi connectivity index (χ0v) is 14.1. The molecule has 5 heteroatoms. The Labute approximate surface area is 128 Å². The van der Waals surface area contributed by atoms with E-state index in [2.05, 4.69) is 53.0 Å². The van der Waals surface area contributed by atoms with E-state index < -0.39 is 0 Å².